The average Bonchev–Trinajstić information content (AvgIpc) is 2.70. The first-order chi connectivity index (χ1) is 13.9. The number of carbonyl (C=O) groups excluding carboxylic acids is 1. The lowest BCUT2D eigenvalue weighted by Gasteiger charge is -2.12. The lowest BCUT2D eigenvalue weighted by atomic mass is 10.2. The normalized spacial score (nSPS) is 10.9. The Hall–Kier alpha value is -3.69. The SMILES string of the molecule is COc1cc(CNC(=O)Cn2[nH]c(=O)c3ccccc3c2=O)ccc1OC(F)F. The van der Waals surface area contributed by atoms with Crippen LogP contribution in [0.5, 0.6) is 11.5 Å². The summed E-state index contributed by atoms with van der Waals surface area (Å²) in [5.74, 6) is -0.560. The Balaban J connectivity index is 1.71. The Morgan fingerprint density at radius 3 is 2.55 bits per heavy atom. The molecular formula is C19H17F2N3O5. The summed E-state index contributed by atoms with van der Waals surface area (Å²) in [6, 6.07) is 10.5. The van der Waals surface area contributed by atoms with Gasteiger partial charge in [-0.05, 0) is 29.8 Å². The zero-order valence-electron chi connectivity index (χ0n) is 15.3. The van der Waals surface area contributed by atoms with Crippen molar-refractivity contribution < 1.29 is 23.0 Å². The van der Waals surface area contributed by atoms with Crippen LogP contribution in [0, 0.1) is 0 Å². The van der Waals surface area contributed by atoms with E-state index in [4.69, 9.17) is 4.74 Å². The number of nitrogens with zero attached hydrogens (tertiary/aromatic N) is 1. The number of H-pyrrole nitrogens is 1. The van der Waals surface area contributed by atoms with E-state index in [0.29, 0.717) is 5.56 Å². The van der Waals surface area contributed by atoms with E-state index >= 15 is 0 Å². The number of carbonyl (C=O) groups is 1. The van der Waals surface area contributed by atoms with Crippen molar-refractivity contribution in [2.75, 3.05) is 7.11 Å². The summed E-state index contributed by atoms with van der Waals surface area (Å²) in [5, 5.41) is 5.41. The van der Waals surface area contributed by atoms with Crippen LogP contribution in [0.15, 0.2) is 52.1 Å². The number of hydrogen-bond acceptors (Lipinski definition) is 5. The smallest absolute Gasteiger partial charge is 0.387 e. The molecule has 0 aliphatic heterocycles. The van der Waals surface area contributed by atoms with Gasteiger partial charge in [-0.3, -0.25) is 19.5 Å². The quantitative estimate of drug-likeness (QED) is 0.622. The van der Waals surface area contributed by atoms with Crippen molar-refractivity contribution in [3.63, 3.8) is 0 Å². The lowest BCUT2D eigenvalue weighted by molar-refractivity contribution is -0.122. The maximum atomic E-state index is 12.4. The van der Waals surface area contributed by atoms with Crippen LogP contribution in [0.4, 0.5) is 8.78 Å². The third-order valence-corrected chi connectivity index (χ3v) is 4.12. The highest BCUT2D eigenvalue weighted by Crippen LogP contribution is 2.29. The third-order valence-electron chi connectivity index (χ3n) is 4.12. The Morgan fingerprint density at radius 2 is 1.86 bits per heavy atom. The highest BCUT2D eigenvalue weighted by molar-refractivity contribution is 5.81. The molecule has 0 saturated heterocycles. The van der Waals surface area contributed by atoms with Gasteiger partial charge in [0.15, 0.2) is 11.5 Å². The van der Waals surface area contributed by atoms with Crippen LogP contribution in [0.25, 0.3) is 10.8 Å². The van der Waals surface area contributed by atoms with E-state index in [-0.39, 0.29) is 35.4 Å². The lowest BCUT2D eigenvalue weighted by Crippen LogP contribution is -2.36. The number of aromatic nitrogens is 2. The number of nitrogens with one attached hydrogen (secondary N) is 2. The topological polar surface area (TPSA) is 102 Å². The molecule has 2 N–H and O–H groups in total. The average molecular weight is 405 g/mol. The highest BCUT2D eigenvalue weighted by atomic mass is 19.3. The Kier molecular flexibility index (Phi) is 5.91. The molecule has 152 valence electrons. The predicted octanol–water partition coefficient (Wildman–Crippen LogP) is 1.62. The summed E-state index contributed by atoms with van der Waals surface area (Å²) in [6.07, 6.45) is 0. The molecule has 1 aromatic heterocycles. The molecule has 0 saturated carbocycles. The number of hydrogen-bond donors (Lipinski definition) is 2. The number of amides is 1. The van der Waals surface area contributed by atoms with E-state index in [1.54, 1.807) is 12.1 Å². The van der Waals surface area contributed by atoms with Crippen LogP contribution in [0.2, 0.25) is 0 Å². The maximum absolute atomic E-state index is 12.4. The fourth-order valence-electron chi connectivity index (χ4n) is 2.77. The number of rotatable bonds is 7. The number of ether oxygens (including phenoxy) is 2. The first kappa shape index (κ1) is 20.1. The largest absolute Gasteiger partial charge is 0.493 e. The first-order valence-corrected chi connectivity index (χ1v) is 8.49. The first-order valence-electron chi connectivity index (χ1n) is 8.49. The summed E-state index contributed by atoms with van der Waals surface area (Å²) in [7, 11) is 1.30. The van der Waals surface area contributed by atoms with Crippen molar-refractivity contribution >= 4 is 16.7 Å². The number of aromatic amines is 1. The van der Waals surface area contributed by atoms with E-state index < -0.39 is 23.6 Å². The third kappa shape index (κ3) is 4.60. The van der Waals surface area contributed by atoms with E-state index in [0.717, 1.165) is 4.68 Å². The van der Waals surface area contributed by atoms with Crippen LogP contribution in [0.3, 0.4) is 0 Å². The van der Waals surface area contributed by atoms with Gasteiger partial charge in [0.1, 0.15) is 6.54 Å². The highest BCUT2D eigenvalue weighted by Gasteiger charge is 2.13. The van der Waals surface area contributed by atoms with Gasteiger partial charge in [-0.25, -0.2) is 4.68 Å². The van der Waals surface area contributed by atoms with Crippen LogP contribution in [0.1, 0.15) is 5.56 Å². The molecule has 1 amide bonds. The van der Waals surface area contributed by atoms with Crippen molar-refractivity contribution in [2.24, 2.45) is 0 Å². The summed E-state index contributed by atoms with van der Waals surface area (Å²) in [4.78, 5) is 36.7. The van der Waals surface area contributed by atoms with E-state index in [1.165, 1.54) is 37.4 Å². The Bertz CT molecular complexity index is 1160. The van der Waals surface area contributed by atoms with Crippen molar-refractivity contribution in [3.05, 3.63) is 68.7 Å². The number of methoxy groups -OCH3 is 1. The molecule has 8 nitrogen and oxygen atoms in total. The molecular weight excluding hydrogens is 388 g/mol. The Labute approximate surface area is 162 Å². The second kappa shape index (κ2) is 8.55. The fourth-order valence-corrected chi connectivity index (χ4v) is 2.77. The van der Waals surface area contributed by atoms with Gasteiger partial charge >= 0.3 is 6.61 Å². The number of fused-ring (bicyclic) bond motifs is 1. The summed E-state index contributed by atoms with van der Waals surface area (Å²) >= 11 is 0. The summed E-state index contributed by atoms with van der Waals surface area (Å²) in [5.41, 5.74) is -0.408. The molecule has 2 aromatic carbocycles. The van der Waals surface area contributed by atoms with Gasteiger partial charge in [0.05, 0.1) is 17.9 Å². The van der Waals surface area contributed by atoms with Crippen LogP contribution in [-0.4, -0.2) is 29.4 Å². The molecule has 3 aromatic rings. The summed E-state index contributed by atoms with van der Waals surface area (Å²) in [6.45, 7) is -3.32. The molecule has 0 radical (unpaired) electrons. The van der Waals surface area contributed by atoms with Gasteiger partial charge in [0.25, 0.3) is 11.1 Å². The van der Waals surface area contributed by atoms with Gasteiger partial charge in [0.2, 0.25) is 5.91 Å². The number of benzene rings is 2. The van der Waals surface area contributed by atoms with Crippen molar-refractivity contribution in [3.8, 4) is 11.5 Å². The predicted molar refractivity (Wildman–Crippen MR) is 100 cm³/mol. The number of halogens is 2. The van der Waals surface area contributed by atoms with E-state index in [1.807, 2.05) is 0 Å². The molecule has 0 aliphatic rings. The van der Waals surface area contributed by atoms with Crippen molar-refractivity contribution in [1.82, 2.24) is 15.1 Å². The monoisotopic (exact) mass is 405 g/mol. The molecule has 0 bridgehead atoms. The maximum Gasteiger partial charge on any atom is 0.387 e. The van der Waals surface area contributed by atoms with Crippen LogP contribution in [-0.2, 0) is 17.9 Å². The zero-order chi connectivity index (χ0) is 21.0. The second-order valence-electron chi connectivity index (χ2n) is 6.02. The molecule has 1 heterocycles. The van der Waals surface area contributed by atoms with Crippen LogP contribution < -0.4 is 25.9 Å². The van der Waals surface area contributed by atoms with Gasteiger partial charge in [-0.1, -0.05) is 18.2 Å². The van der Waals surface area contributed by atoms with Crippen LogP contribution >= 0.6 is 0 Å². The fraction of sp³-hybridized carbons (Fsp3) is 0.211. The van der Waals surface area contributed by atoms with Gasteiger partial charge in [-0.2, -0.15) is 8.78 Å². The number of alkyl halides is 2. The van der Waals surface area contributed by atoms with Gasteiger partial charge in [-0.15, -0.1) is 0 Å². The standard InChI is InChI=1S/C19H17F2N3O5/c1-28-15-8-11(6-7-14(15)29-19(20)21)9-22-16(25)10-24-18(27)13-5-3-2-4-12(13)17(26)23-24/h2-8,19H,9-10H2,1H3,(H,22,25)(H,23,26). The Morgan fingerprint density at radius 1 is 1.14 bits per heavy atom. The summed E-state index contributed by atoms with van der Waals surface area (Å²) < 4.78 is 35.0. The molecule has 0 aliphatic carbocycles. The van der Waals surface area contributed by atoms with Gasteiger partial charge < -0.3 is 14.8 Å². The minimum atomic E-state index is -2.99. The molecule has 10 heteroatoms. The van der Waals surface area contributed by atoms with Gasteiger partial charge in [0, 0.05) is 6.54 Å². The molecule has 0 spiro atoms. The minimum Gasteiger partial charge on any atom is -0.493 e. The minimum absolute atomic E-state index is 0.0523. The van der Waals surface area contributed by atoms with E-state index in [2.05, 4.69) is 15.2 Å². The molecule has 0 fully saturated rings. The molecule has 0 atom stereocenters. The second-order valence-corrected chi connectivity index (χ2v) is 6.02. The zero-order valence-corrected chi connectivity index (χ0v) is 15.3. The van der Waals surface area contributed by atoms with E-state index in [9.17, 15) is 23.2 Å². The van der Waals surface area contributed by atoms with Crippen molar-refractivity contribution in [1.29, 1.82) is 0 Å². The van der Waals surface area contributed by atoms with Crippen molar-refractivity contribution in [2.45, 2.75) is 19.7 Å². The molecule has 3 rings (SSSR count). The molecule has 0 unspecified atom stereocenters. The molecule has 29 heavy (non-hydrogen) atoms.